The zero-order valence-electron chi connectivity index (χ0n) is 5.97. The molecule has 0 heterocycles. The van der Waals surface area contributed by atoms with Gasteiger partial charge in [0.1, 0.15) is 0 Å². The van der Waals surface area contributed by atoms with E-state index in [1.165, 1.54) is 11.8 Å². The van der Waals surface area contributed by atoms with Crippen LogP contribution in [0.2, 0.25) is 0 Å². The van der Waals surface area contributed by atoms with Gasteiger partial charge in [0.05, 0.1) is 5.60 Å². The van der Waals surface area contributed by atoms with Gasteiger partial charge in [-0.3, -0.25) is 0 Å². The lowest BCUT2D eigenvalue weighted by atomic mass is 10.2. The highest BCUT2D eigenvalue weighted by atomic mass is 32.2. The number of hydrogen-bond acceptors (Lipinski definition) is 3. The van der Waals surface area contributed by atoms with Crippen LogP contribution in [0, 0.1) is 0 Å². The van der Waals surface area contributed by atoms with Crippen LogP contribution in [0.1, 0.15) is 20.8 Å². The number of thiocarbonyl (C=S) groups is 1. The van der Waals surface area contributed by atoms with E-state index in [1.54, 1.807) is 13.8 Å². The number of hydrogen-bond donors (Lipinski definition) is 1. The Kier molecular flexibility index (Phi) is 3.70. The fourth-order valence-corrected chi connectivity index (χ4v) is 1.01. The first-order valence-electron chi connectivity index (χ1n) is 2.77. The molecule has 0 saturated carbocycles. The molecule has 0 amide bonds. The maximum Gasteiger partial charge on any atom is 0.0685 e. The third-order valence-corrected chi connectivity index (χ3v) is 2.24. The summed E-state index contributed by atoms with van der Waals surface area (Å²) in [6.07, 6.45) is 0. The molecule has 1 N–H and O–H groups in total. The Hall–Kier alpha value is 0.400. The Morgan fingerprint density at radius 1 is 1.67 bits per heavy atom. The van der Waals surface area contributed by atoms with Crippen molar-refractivity contribution < 1.29 is 5.11 Å². The van der Waals surface area contributed by atoms with Crippen LogP contribution < -0.4 is 0 Å². The van der Waals surface area contributed by atoms with Crippen LogP contribution in [-0.2, 0) is 0 Å². The lowest BCUT2D eigenvalue weighted by Gasteiger charge is -2.14. The first kappa shape index (κ1) is 9.40. The maximum absolute atomic E-state index is 9.19. The van der Waals surface area contributed by atoms with E-state index >= 15 is 0 Å². The SMILES string of the molecule is CC(=S)SCC(C)(C)O. The largest absolute Gasteiger partial charge is 0.390 e. The third-order valence-electron chi connectivity index (χ3n) is 0.629. The second kappa shape index (κ2) is 3.54. The third kappa shape index (κ3) is 8.40. The van der Waals surface area contributed by atoms with Gasteiger partial charge >= 0.3 is 0 Å². The molecule has 0 aliphatic rings. The minimum Gasteiger partial charge on any atom is -0.390 e. The fraction of sp³-hybridized carbons (Fsp3) is 0.833. The fourth-order valence-electron chi connectivity index (χ4n) is 0.278. The first-order chi connectivity index (χ1) is 3.92. The van der Waals surface area contributed by atoms with Gasteiger partial charge in [-0.15, -0.1) is 11.8 Å². The quantitative estimate of drug-likeness (QED) is 0.629. The molecular formula is C6H12OS2. The van der Waals surface area contributed by atoms with Gasteiger partial charge in [-0.2, -0.15) is 0 Å². The summed E-state index contributed by atoms with van der Waals surface area (Å²) in [5, 5.41) is 9.19. The van der Waals surface area contributed by atoms with Crippen molar-refractivity contribution in [3.63, 3.8) is 0 Å². The Morgan fingerprint density at radius 3 is 2.22 bits per heavy atom. The highest BCUT2D eigenvalue weighted by molar-refractivity contribution is 8.23. The van der Waals surface area contributed by atoms with Crippen LogP contribution in [-0.4, -0.2) is 20.7 Å². The Balaban J connectivity index is 3.39. The lowest BCUT2D eigenvalue weighted by molar-refractivity contribution is 0.107. The van der Waals surface area contributed by atoms with Crippen molar-refractivity contribution in [3.8, 4) is 0 Å². The van der Waals surface area contributed by atoms with Gasteiger partial charge in [0.15, 0.2) is 0 Å². The van der Waals surface area contributed by atoms with E-state index in [1.807, 2.05) is 6.92 Å². The molecule has 0 atom stereocenters. The summed E-state index contributed by atoms with van der Waals surface area (Å²) in [7, 11) is 0. The van der Waals surface area contributed by atoms with E-state index in [9.17, 15) is 5.11 Å². The van der Waals surface area contributed by atoms with Crippen molar-refractivity contribution in [1.82, 2.24) is 0 Å². The minimum atomic E-state index is -0.593. The van der Waals surface area contributed by atoms with Crippen molar-refractivity contribution in [3.05, 3.63) is 0 Å². The lowest BCUT2D eigenvalue weighted by Crippen LogP contribution is -2.22. The highest BCUT2D eigenvalue weighted by Gasteiger charge is 2.11. The Morgan fingerprint density at radius 2 is 2.11 bits per heavy atom. The molecule has 0 aromatic carbocycles. The van der Waals surface area contributed by atoms with Gasteiger partial charge in [-0.25, -0.2) is 0 Å². The minimum absolute atomic E-state index is 0.593. The smallest absolute Gasteiger partial charge is 0.0685 e. The molecule has 0 spiro atoms. The average Bonchev–Trinajstić information content (AvgIpc) is 1.59. The summed E-state index contributed by atoms with van der Waals surface area (Å²) in [4.78, 5) is 0. The maximum atomic E-state index is 9.19. The average molecular weight is 164 g/mol. The van der Waals surface area contributed by atoms with Crippen molar-refractivity contribution in [1.29, 1.82) is 0 Å². The molecular weight excluding hydrogens is 152 g/mol. The van der Waals surface area contributed by atoms with Gasteiger partial charge in [0.25, 0.3) is 0 Å². The predicted octanol–water partition coefficient (Wildman–Crippen LogP) is 1.84. The highest BCUT2D eigenvalue weighted by Crippen LogP contribution is 2.12. The molecule has 1 nitrogen and oxygen atoms in total. The molecule has 0 saturated heterocycles. The zero-order valence-corrected chi connectivity index (χ0v) is 7.60. The van der Waals surface area contributed by atoms with Gasteiger partial charge < -0.3 is 5.11 Å². The molecule has 0 aliphatic carbocycles. The van der Waals surface area contributed by atoms with Crippen molar-refractivity contribution in [2.24, 2.45) is 0 Å². The predicted molar refractivity (Wildman–Crippen MR) is 47.0 cm³/mol. The molecule has 0 unspecified atom stereocenters. The van der Waals surface area contributed by atoms with E-state index in [0.29, 0.717) is 5.75 Å². The monoisotopic (exact) mass is 164 g/mol. The van der Waals surface area contributed by atoms with Gasteiger partial charge in [-0.1, -0.05) is 12.2 Å². The molecule has 0 bridgehead atoms. The van der Waals surface area contributed by atoms with Gasteiger partial charge in [0.2, 0.25) is 0 Å². The Labute approximate surface area is 65.8 Å². The molecule has 0 aliphatic heterocycles. The molecule has 54 valence electrons. The van der Waals surface area contributed by atoms with E-state index < -0.39 is 5.60 Å². The zero-order chi connectivity index (χ0) is 7.49. The topological polar surface area (TPSA) is 20.2 Å². The van der Waals surface area contributed by atoms with Crippen LogP contribution in [0.15, 0.2) is 0 Å². The van der Waals surface area contributed by atoms with Crippen LogP contribution in [0.3, 0.4) is 0 Å². The van der Waals surface area contributed by atoms with Crippen molar-refractivity contribution in [2.45, 2.75) is 26.4 Å². The molecule has 0 fully saturated rings. The summed E-state index contributed by atoms with van der Waals surface area (Å²) in [6.45, 7) is 5.42. The second-order valence-electron chi connectivity index (χ2n) is 2.59. The van der Waals surface area contributed by atoms with Crippen LogP contribution in [0.5, 0.6) is 0 Å². The molecule has 0 radical (unpaired) electrons. The van der Waals surface area contributed by atoms with Gasteiger partial charge in [-0.05, 0) is 20.8 Å². The van der Waals surface area contributed by atoms with Crippen molar-refractivity contribution in [2.75, 3.05) is 5.75 Å². The normalized spacial score (nSPS) is 11.6. The van der Waals surface area contributed by atoms with Crippen LogP contribution in [0.25, 0.3) is 0 Å². The van der Waals surface area contributed by atoms with E-state index in [2.05, 4.69) is 0 Å². The summed E-state index contributed by atoms with van der Waals surface area (Å²) in [6, 6.07) is 0. The summed E-state index contributed by atoms with van der Waals surface area (Å²) in [5.41, 5.74) is -0.593. The Bertz CT molecular complexity index is 104. The van der Waals surface area contributed by atoms with E-state index in [0.717, 1.165) is 4.20 Å². The van der Waals surface area contributed by atoms with Gasteiger partial charge in [0, 0.05) is 9.95 Å². The molecule has 9 heavy (non-hydrogen) atoms. The molecule has 3 heteroatoms. The van der Waals surface area contributed by atoms with Crippen LogP contribution in [0.4, 0.5) is 0 Å². The molecule has 0 aromatic rings. The second-order valence-corrected chi connectivity index (χ2v) is 4.65. The number of rotatable bonds is 2. The summed E-state index contributed by atoms with van der Waals surface area (Å²) < 4.78 is 0.886. The van der Waals surface area contributed by atoms with E-state index in [4.69, 9.17) is 12.2 Å². The molecule has 0 rings (SSSR count). The standard InChI is InChI=1S/C6H12OS2/c1-5(8)9-4-6(2,3)7/h7H,4H2,1-3H3. The summed E-state index contributed by atoms with van der Waals surface area (Å²) in [5.74, 6) is 0.683. The number of aliphatic hydroxyl groups is 1. The van der Waals surface area contributed by atoms with E-state index in [-0.39, 0.29) is 0 Å². The number of thioether (sulfide) groups is 1. The van der Waals surface area contributed by atoms with Crippen molar-refractivity contribution >= 4 is 28.2 Å². The van der Waals surface area contributed by atoms with Crippen LogP contribution >= 0.6 is 24.0 Å². The molecule has 0 aromatic heterocycles. The first-order valence-corrected chi connectivity index (χ1v) is 4.17. The summed E-state index contributed by atoms with van der Waals surface area (Å²) >= 11 is 6.34.